The van der Waals surface area contributed by atoms with Crippen molar-refractivity contribution in [2.75, 3.05) is 20.1 Å². The molecule has 8 heteroatoms. The van der Waals surface area contributed by atoms with Gasteiger partial charge in [0, 0.05) is 39.5 Å². The summed E-state index contributed by atoms with van der Waals surface area (Å²) in [6.07, 6.45) is 5.96. The molecule has 8 nitrogen and oxygen atoms in total. The number of fused-ring (bicyclic) bond motifs is 1. The lowest BCUT2D eigenvalue weighted by Crippen LogP contribution is -2.47. The van der Waals surface area contributed by atoms with Crippen molar-refractivity contribution < 1.29 is 4.79 Å². The van der Waals surface area contributed by atoms with E-state index in [1.807, 2.05) is 0 Å². The second kappa shape index (κ2) is 7.63. The molecule has 1 amide bonds. The van der Waals surface area contributed by atoms with E-state index in [0.29, 0.717) is 18.9 Å². The van der Waals surface area contributed by atoms with Crippen LogP contribution in [0.15, 0.2) is 4.99 Å². The molecule has 1 aromatic rings. The summed E-state index contributed by atoms with van der Waals surface area (Å²) in [5.41, 5.74) is 5.34. The number of amides is 1. The third-order valence-corrected chi connectivity index (χ3v) is 4.86. The summed E-state index contributed by atoms with van der Waals surface area (Å²) in [6, 6.07) is 0. The third-order valence-electron chi connectivity index (χ3n) is 4.86. The number of hydrogen-bond donors (Lipinski definition) is 2. The summed E-state index contributed by atoms with van der Waals surface area (Å²) in [4.78, 5) is 17.8. The molecule has 0 spiro atoms. The van der Waals surface area contributed by atoms with Gasteiger partial charge in [-0.25, -0.2) is 0 Å². The maximum Gasteiger partial charge on any atom is 0.217 e. The molecular weight excluding hydrogens is 306 g/mol. The van der Waals surface area contributed by atoms with E-state index in [-0.39, 0.29) is 5.91 Å². The number of aryl methyl sites for hydroxylation is 1. The zero-order chi connectivity index (χ0) is 16.9. The van der Waals surface area contributed by atoms with Gasteiger partial charge in [0.1, 0.15) is 5.82 Å². The van der Waals surface area contributed by atoms with E-state index in [9.17, 15) is 4.79 Å². The first-order chi connectivity index (χ1) is 11.7. The molecule has 1 atom stereocenters. The highest BCUT2D eigenvalue weighted by atomic mass is 16.1. The normalized spacial score (nSPS) is 21.5. The van der Waals surface area contributed by atoms with Crippen LogP contribution in [0.1, 0.15) is 43.8 Å². The maximum atomic E-state index is 11.2. The van der Waals surface area contributed by atoms with Crippen molar-refractivity contribution >= 4 is 11.9 Å². The van der Waals surface area contributed by atoms with Crippen molar-refractivity contribution in [1.82, 2.24) is 25.0 Å². The molecule has 0 aliphatic carbocycles. The maximum absolute atomic E-state index is 11.2. The quantitative estimate of drug-likeness (QED) is 0.609. The van der Waals surface area contributed by atoms with Crippen molar-refractivity contribution in [2.24, 2.45) is 16.6 Å². The summed E-state index contributed by atoms with van der Waals surface area (Å²) in [6.45, 7) is 3.40. The minimum absolute atomic E-state index is 0.222. The van der Waals surface area contributed by atoms with Gasteiger partial charge in [-0.15, -0.1) is 10.2 Å². The Balaban J connectivity index is 1.59. The van der Waals surface area contributed by atoms with Crippen LogP contribution < -0.4 is 11.1 Å². The van der Waals surface area contributed by atoms with Gasteiger partial charge in [-0.2, -0.15) is 0 Å². The minimum atomic E-state index is -0.222. The lowest BCUT2D eigenvalue weighted by molar-refractivity contribution is -0.119. The summed E-state index contributed by atoms with van der Waals surface area (Å²) >= 11 is 0. The number of hydrogen-bond acceptors (Lipinski definition) is 4. The van der Waals surface area contributed by atoms with Gasteiger partial charge in [0.15, 0.2) is 11.8 Å². The Morgan fingerprint density at radius 2 is 2.21 bits per heavy atom. The van der Waals surface area contributed by atoms with Crippen LogP contribution in [-0.2, 0) is 24.3 Å². The number of guanidine groups is 1. The second-order valence-electron chi connectivity index (χ2n) is 6.67. The number of likely N-dealkylation sites (tertiary alicyclic amines) is 1. The first-order valence-electron chi connectivity index (χ1n) is 8.82. The number of nitrogens with zero attached hydrogens (tertiary/aromatic N) is 5. The van der Waals surface area contributed by atoms with Gasteiger partial charge in [0.2, 0.25) is 5.91 Å². The van der Waals surface area contributed by atoms with Crippen molar-refractivity contribution in [3.05, 3.63) is 11.6 Å². The molecule has 2 aliphatic rings. The molecule has 3 N–H and O–H groups in total. The Hall–Kier alpha value is -2.12. The van der Waals surface area contributed by atoms with Gasteiger partial charge in [0.05, 0.1) is 6.54 Å². The molecule has 0 saturated carbocycles. The molecule has 1 aromatic heterocycles. The first kappa shape index (κ1) is 16.7. The molecule has 3 heterocycles. The summed E-state index contributed by atoms with van der Waals surface area (Å²) in [5.74, 6) is 3.01. The van der Waals surface area contributed by atoms with Gasteiger partial charge in [0.25, 0.3) is 0 Å². The average Bonchev–Trinajstić information content (AvgIpc) is 2.99. The molecular formula is C16H27N7O. The van der Waals surface area contributed by atoms with Crippen LogP contribution in [0.5, 0.6) is 0 Å². The summed E-state index contributed by atoms with van der Waals surface area (Å²) in [7, 11) is 1.79. The molecule has 2 aliphatic heterocycles. The van der Waals surface area contributed by atoms with Gasteiger partial charge < -0.3 is 20.5 Å². The lowest BCUT2D eigenvalue weighted by Gasteiger charge is -2.34. The van der Waals surface area contributed by atoms with E-state index < -0.39 is 0 Å². The van der Waals surface area contributed by atoms with Crippen LogP contribution >= 0.6 is 0 Å². The third kappa shape index (κ3) is 3.85. The Kier molecular flexibility index (Phi) is 5.32. The molecule has 0 radical (unpaired) electrons. The Labute approximate surface area is 142 Å². The van der Waals surface area contributed by atoms with Crippen molar-refractivity contribution in [3.63, 3.8) is 0 Å². The van der Waals surface area contributed by atoms with Gasteiger partial charge >= 0.3 is 0 Å². The topological polar surface area (TPSA) is 101 Å². The summed E-state index contributed by atoms with van der Waals surface area (Å²) in [5, 5.41) is 12.0. The number of piperidine rings is 1. The standard InChI is InChI=1S/C16H27N7O/c1-18-16(22-7-4-5-12(11-22)9-13(17)24)19-10-15-21-20-14-6-2-3-8-23(14)15/h12H,2-11H2,1H3,(H2,17,24)(H,18,19). The number of primary amides is 1. The van der Waals surface area contributed by atoms with Crippen molar-refractivity contribution in [3.8, 4) is 0 Å². The first-order valence-corrected chi connectivity index (χ1v) is 8.82. The molecule has 1 fully saturated rings. The van der Waals surface area contributed by atoms with Gasteiger partial charge in [-0.05, 0) is 31.6 Å². The average molecular weight is 333 g/mol. The van der Waals surface area contributed by atoms with Crippen LogP contribution in [0, 0.1) is 5.92 Å². The predicted octanol–water partition coefficient (Wildman–Crippen LogP) is 0.277. The molecule has 1 unspecified atom stereocenters. The van der Waals surface area contributed by atoms with E-state index in [0.717, 1.165) is 56.5 Å². The van der Waals surface area contributed by atoms with Crippen LogP contribution in [0.4, 0.5) is 0 Å². The van der Waals surface area contributed by atoms with E-state index >= 15 is 0 Å². The molecule has 1 saturated heterocycles. The Bertz CT molecular complexity index is 610. The zero-order valence-corrected chi connectivity index (χ0v) is 14.4. The molecule has 0 bridgehead atoms. The van der Waals surface area contributed by atoms with Crippen molar-refractivity contribution in [2.45, 2.75) is 51.6 Å². The smallest absolute Gasteiger partial charge is 0.217 e. The summed E-state index contributed by atoms with van der Waals surface area (Å²) < 4.78 is 2.22. The Morgan fingerprint density at radius 1 is 1.33 bits per heavy atom. The largest absolute Gasteiger partial charge is 0.370 e. The Morgan fingerprint density at radius 3 is 3.00 bits per heavy atom. The highest BCUT2D eigenvalue weighted by molar-refractivity contribution is 5.80. The minimum Gasteiger partial charge on any atom is -0.370 e. The van der Waals surface area contributed by atoms with Crippen LogP contribution in [0.25, 0.3) is 0 Å². The van der Waals surface area contributed by atoms with Crippen LogP contribution in [-0.4, -0.2) is 51.7 Å². The van der Waals surface area contributed by atoms with E-state index in [1.54, 1.807) is 7.05 Å². The van der Waals surface area contributed by atoms with E-state index in [1.165, 1.54) is 12.8 Å². The van der Waals surface area contributed by atoms with Crippen molar-refractivity contribution in [1.29, 1.82) is 0 Å². The molecule has 132 valence electrons. The number of carbonyl (C=O) groups excluding carboxylic acids is 1. The van der Waals surface area contributed by atoms with E-state index in [4.69, 9.17) is 5.73 Å². The number of carbonyl (C=O) groups is 1. The lowest BCUT2D eigenvalue weighted by atomic mass is 9.95. The molecule has 3 rings (SSSR count). The predicted molar refractivity (Wildman–Crippen MR) is 91.3 cm³/mol. The SMILES string of the molecule is CN=C(NCc1nnc2n1CCCC2)N1CCCC(CC(N)=O)C1. The monoisotopic (exact) mass is 333 g/mol. The fourth-order valence-electron chi connectivity index (χ4n) is 3.70. The number of nitrogens with one attached hydrogen (secondary N) is 1. The van der Waals surface area contributed by atoms with Gasteiger partial charge in [-0.1, -0.05) is 0 Å². The number of rotatable bonds is 4. The number of nitrogens with two attached hydrogens (primary N) is 1. The van der Waals surface area contributed by atoms with Crippen LogP contribution in [0.3, 0.4) is 0 Å². The zero-order valence-electron chi connectivity index (χ0n) is 14.4. The molecule has 0 aromatic carbocycles. The fourth-order valence-corrected chi connectivity index (χ4v) is 3.70. The highest BCUT2D eigenvalue weighted by Gasteiger charge is 2.24. The van der Waals surface area contributed by atoms with E-state index in [2.05, 4.69) is 30.0 Å². The second-order valence-corrected chi connectivity index (χ2v) is 6.67. The van der Waals surface area contributed by atoms with Gasteiger partial charge in [-0.3, -0.25) is 9.79 Å². The highest BCUT2D eigenvalue weighted by Crippen LogP contribution is 2.19. The fraction of sp³-hybridized carbons (Fsp3) is 0.750. The molecule has 24 heavy (non-hydrogen) atoms. The van der Waals surface area contributed by atoms with Crippen LogP contribution in [0.2, 0.25) is 0 Å². The number of aliphatic imine (C=N–C) groups is 1. The number of aromatic nitrogens is 3.